The minimum atomic E-state index is -3.44. The van der Waals surface area contributed by atoms with Crippen LogP contribution in [0.1, 0.15) is 6.42 Å². The number of rotatable bonds is 10. The van der Waals surface area contributed by atoms with Gasteiger partial charge in [0.2, 0.25) is 10.0 Å². The van der Waals surface area contributed by atoms with Crippen LogP contribution in [0.2, 0.25) is 0 Å². The van der Waals surface area contributed by atoms with Gasteiger partial charge >= 0.3 is 0 Å². The largest absolute Gasteiger partial charge is 0.491 e. The van der Waals surface area contributed by atoms with E-state index < -0.39 is 10.0 Å². The zero-order valence-electron chi connectivity index (χ0n) is 12.8. The second kappa shape index (κ2) is 8.99. The molecule has 0 fully saturated rings. The van der Waals surface area contributed by atoms with E-state index >= 15 is 0 Å². The third-order valence-corrected chi connectivity index (χ3v) is 4.86. The van der Waals surface area contributed by atoms with Crippen LogP contribution in [0.15, 0.2) is 29.2 Å². The molecular weight excluding hydrogens is 292 g/mol. The second-order valence-corrected chi connectivity index (χ2v) is 6.64. The zero-order chi connectivity index (χ0) is 15.7. The van der Waals surface area contributed by atoms with Gasteiger partial charge in [0.1, 0.15) is 12.4 Å². The summed E-state index contributed by atoms with van der Waals surface area (Å²) in [6, 6.07) is 6.44. The monoisotopic (exact) mass is 316 g/mol. The highest BCUT2D eigenvalue weighted by Gasteiger charge is 2.20. The van der Waals surface area contributed by atoms with Gasteiger partial charge in [0.25, 0.3) is 0 Å². The van der Waals surface area contributed by atoms with Crippen LogP contribution in [-0.2, 0) is 14.8 Å². The van der Waals surface area contributed by atoms with Crippen molar-refractivity contribution in [3.8, 4) is 5.75 Å². The molecule has 0 saturated carbocycles. The molecular formula is C14H24N2O4S. The van der Waals surface area contributed by atoms with Crippen LogP contribution in [0.25, 0.3) is 0 Å². The maximum Gasteiger partial charge on any atom is 0.242 e. The van der Waals surface area contributed by atoms with Gasteiger partial charge in [-0.15, -0.1) is 0 Å². The SMILES string of the molecule is CNCCCN(C)S(=O)(=O)c1ccc(OCCOC)cc1. The van der Waals surface area contributed by atoms with E-state index in [1.807, 2.05) is 7.05 Å². The predicted octanol–water partition coefficient (Wildman–Crippen LogP) is 0.942. The fourth-order valence-corrected chi connectivity index (χ4v) is 2.94. The first-order valence-electron chi connectivity index (χ1n) is 6.85. The van der Waals surface area contributed by atoms with Crippen molar-refractivity contribution in [1.29, 1.82) is 0 Å². The van der Waals surface area contributed by atoms with Gasteiger partial charge in [0.15, 0.2) is 0 Å². The maximum absolute atomic E-state index is 12.3. The highest BCUT2D eigenvalue weighted by atomic mass is 32.2. The number of benzene rings is 1. The van der Waals surface area contributed by atoms with Crippen LogP contribution in [0.5, 0.6) is 5.75 Å². The molecule has 6 nitrogen and oxygen atoms in total. The van der Waals surface area contributed by atoms with Gasteiger partial charge in [0.05, 0.1) is 11.5 Å². The van der Waals surface area contributed by atoms with Gasteiger partial charge in [-0.1, -0.05) is 0 Å². The number of hydrogen-bond acceptors (Lipinski definition) is 5. The number of hydrogen-bond donors (Lipinski definition) is 1. The summed E-state index contributed by atoms with van der Waals surface area (Å²) >= 11 is 0. The van der Waals surface area contributed by atoms with Crippen LogP contribution >= 0.6 is 0 Å². The van der Waals surface area contributed by atoms with Gasteiger partial charge in [0, 0.05) is 20.7 Å². The summed E-state index contributed by atoms with van der Waals surface area (Å²) in [5, 5.41) is 3.00. The Balaban J connectivity index is 2.66. The van der Waals surface area contributed by atoms with Crippen LogP contribution < -0.4 is 10.1 Å². The molecule has 0 aromatic heterocycles. The van der Waals surface area contributed by atoms with Gasteiger partial charge in [-0.05, 0) is 44.3 Å². The number of nitrogens with zero attached hydrogens (tertiary/aromatic N) is 1. The predicted molar refractivity (Wildman–Crippen MR) is 82.2 cm³/mol. The average Bonchev–Trinajstić information content (AvgIpc) is 2.48. The Labute approximate surface area is 127 Å². The summed E-state index contributed by atoms with van der Waals surface area (Å²) in [6.45, 7) is 2.20. The normalized spacial score (nSPS) is 11.8. The smallest absolute Gasteiger partial charge is 0.242 e. The molecule has 1 N–H and O–H groups in total. The second-order valence-electron chi connectivity index (χ2n) is 4.60. The standard InChI is InChI=1S/C14H24N2O4S/c1-15-9-4-10-16(2)21(17,18)14-7-5-13(6-8-14)20-12-11-19-3/h5-8,15H,4,9-12H2,1-3H3. The molecule has 0 aliphatic heterocycles. The lowest BCUT2D eigenvalue weighted by atomic mass is 10.3. The summed E-state index contributed by atoms with van der Waals surface area (Å²) < 4.78 is 36.4. The minimum absolute atomic E-state index is 0.272. The minimum Gasteiger partial charge on any atom is -0.491 e. The molecule has 0 aliphatic rings. The van der Waals surface area contributed by atoms with Gasteiger partial charge in [-0.3, -0.25) is 0 Å². The number of sulfonamides is 1. The number of nitrogens with one attached hydrogen (secondary N) is 1. The highest BCUT2D eigenvalue weighted by Crippen LogP contribution is 2.18. The molecule has 1 aromatic carbocycles. The molecule has 0 bridgehead atoms. The molecule has 0 heterocycles. The van der Waals surface area contributed by atoms with Crippen molar-refractivity contribution in [2.75, 3.05) is 47.5 Å². The Hall–Kier alpha value is -1.15. The van der Waals surface area contributed by atoms with Crippen molar-refractivity contribution in [2.24, 2.45) is 0 Å². The van der Waals surface area contributed by atoms with Crippen molar-refractivity contribution in [3.05, 3.63) is 24.3 Å². The van der Waals surface area contributed by atoms with E-state index in [0.717, 1.165) is 13.0 Å². The molecule has 0 radical (unpaired) electrons. The fourth-order valence-electron chi connectivity index (χ4n) is 1.73. The van der Waals surface area contributed by atoms with Crippen molar-refractivity contribution < 1.29 is 17.9 Å². The van der Waals surface area contributed by atoms with E-state index in [2.05, 4.69) is 5.32 Å². The fraction of sp³-hybridized carbons (Fsp3) is 0.571. The molecule has 0 unspecified atom stereocenters. The molecule has 7 heteroatoms. The summed E-state index contributed by atoms with van der Waals surface area (Å²) in [6.07, 6.45) is 0.768. The molecule has 0 amide bonds. The Kier molecular flexibility index (Phi) is 7.66. The Morgan fingerprint density at radius 2 is 1.86 bits per heavy atom. The summed E-state index contributed by atoms with van der Waals surface area (Å²) in [4.78, 5) is 0.272. The van der Waals surface area contributed by atoms with E-state index in [9.17, 15) is 8.42 Å². The quantitative estimate of drug-likeness (QED) is 0.651. The molecule has 0 atom stereocenters. The first-order chi connectivity index (χ1) is 10.0. The van der Waals surface area contributed by atoms with E-state index in [1.54, 1.807) is 38.4 Å². The van der Waals surface area contributed by atoms with E-state index in [1.165, 1.54) is 4.31 Å². The number of ether oxygens (including phenoxy) is 2. The van der Waals surface area contributed by atoms with Crippen molar-refractivity contribution in [1.82, 2.24) is 9.62 Å². The molecule has 1 aromatic rings. The topological polar surface area (TPSA) is 67.9 Å². The lowest BCUT2D eigenvalue weighted by Crippen LogP contribution is -2.29. The van der Waals surface area contributed by atoms with Crippen LogP contribution in [0.3, 0.4) is 0 Å². The molecule has 0 spiro atoms. The van der Waals surface area contributed by atoms with E-state index in [4.69, 9.17) is 9.47 Å². The van der Waals surface area contributed by atoms with Crippen LogP contribution in [0, 0.1) is 0 Å². The molecule has 0 saturated heterocycles. The maximum atomic E-state index is 12.3. The van der Waals surface area contributed by atoms with Crippen molar-refractivity contribution in [3.63, 3.8) is 0 Å². The average molecular weight is 316 g/mol. The molecule has 0 aliphatic carbocycles. The lowest BCUT2D eigenvalue weighted by molar-refractivity contribution is 0.146. The highest BCUT2D eigenvalue weighted by molar-refractivity contribution is 7.89. The zero-order valence-corrected chi connectivity index (χ0v) is 13.6. The summed E-state index contributed by atoms with van der Waals surface area (Å²) in [7, 11) is 1.60. The summed E-state index contributed by atoms with van der Waals surface area (Å²) in [5.74, 6) is 0.629. The Morgan fingerprint density at radius 3 is 2.43 bits per heavy atom. The molecule has 1 rings (SSSR count). The van der Waals surface area contributed by atoms with Crippen LogP contribution in [0.4, 0.5) is 0 Å². The van der Waals surface area contributed by atoms with Gasteiger partial charge in [-0.25, -0.2) is 12.7 Å². The molecule has 120 valence electrons. The van der Waals surface area contributed by atoms with Gasteiger partial charge < -0.3 is 14.8 Å². The third-order valence-electron chi connectivity index (χ3n) is 2.99. The van der Waals surface area contributed by atoms with Crippen molar-refractivity contribution in [2.45, 2.75) is 11.3 Å². The lowest BCUT2D eigenvalue weighted by Gasteiger charge is -2.17. The van der Waals surface area contributed by atoms with Gasteiger partial charge in [-0.2, -0.15) is 0 Å². The van der Waals surface area contributed by atoms with E-state index in [0.29, 0.717) is 25.5 Å². The number of methoxy groups -OCH3 is 1. The first kappa shape index (κ1) is 17.9. The van der Waals surface area contributed by atoms with E-state index in [-0.39, 0.29) is 4.90 Å². The van der Waals surface area contributed by atoms with Crippen LogP contribution in [-0.4, -0.2) is 60.2 Å². The molecule has 21 heavy (non-hydrogen) atoms. The third kappa shape index (κ3) is 5.62. The van der Waals surface area contributed by atoms with Crippen molar-refractivity contribution >= 4 is 10.0 Å². The summed E-state index contributed by atoms with van der Waals surface area (Å²) in [5.41, 5.74) is 0. The Bertz CT molecular complexity index is 502. The Morgan fingerprint density at radius 1 is 1.19 bits per heavy atom. The first-order valence-corrected chi connectivity index (χ1v) is 8.29.